The summed E-state index contributed by atoms with van der Waals surface area (Å²) in [4.78, 5) is 7.14. The van der Waals surface area contributed by atoms with Gasteiger partial charge in [0.1, 0.15) is 5.75 Å². The largest absolute Gasteiger partial charge is 0.496 e. The second-order valence-electron chi connectivity index (χ2n) is 6.24. The van der Waals surface area contributed by atoms with Gasteiger partial charge in [0.15, 0.2) is 5.96 Å². The van der Waals surface area contributed by atoms with E-state index in [1.54, 1.807) is 7.11 Å². The van der Waals surface area contributed by atoms with Gasteiger partial charge in [-0.05, 0) is 38.4 Å². The van der Waals surface area contributed by atoms with Crippen LogP contribution in [0.15, 0.2) is 23.2 Å². The summed E-state index contributed by atoms with van der Waals surface area (Å²) in [6, 6.07) is 6.23. The summed E-state index contributed by atoms with van der Waals surface area (Å²) >= 11 is 0. The number of benzene rings is 1. The number of hydrogen-bond donors (Lipinski definition) is 2. The Balaban J connectivity index is 0.00000338. The molecule has 1 aliphatic rings. The van der Waals surface area contributed by atoms with Crippen LogP contribution in [0.4, 0.5) is 0 Å². The van der Waals surface area contributed by atoms with Crippen molar-refractivity contribution in [2.24, 2.45) is 4.99 Å². The minimum Gasteiger partial charge on any atom is -0.496 e. The van der Waals surface area contributed by atoms with Crippen LogP contribution in [0.3, 0.4) is 0 Å². The zero-order valence-corrected chi connectivity index (χ0v) is 18.5. The summed E-state index contributed by atoms with van der Waals surface area (Å²) in [6.07, 6.45) is 1.10. The molecule has 0 bridgehead atoms. The maximum Gasteiger partial charge on any atom is 0.191 e. The normalized spacial score (nSPS) is 15.3. The van der Waals surface area contributed by atoms with Gasteiger partial charge in [-0.15, -0.1) is 24.0 Å². The van der Waals surface area contributed by atoms with Crippen LogP contribution in [-0.2, 0) is 11.3 Å². The van der Waals surface area contributed by atoms with E-state index in [9.17, 15) is 0 Å². The summed E-state index contributed by atoms with van der Waals surface area (Å²) in [5.41, 5.74) is 2.29. The van der Waals surface area contributed by atoms with Gasteiger partial charge in [0.25, 0.3) is 0 Å². The molecule has 2 N–H and O–H groups in total. The highest BCUT2D eigenvalue weighted by Crippen LogP contribution is 2.20. The van der Waals surface area contributed by atoms with Crippen molar-refractivity contribution in [1.29, 1.82) is 0 Å². The van der Waals surface area contributed by atoms with Gasteiger partial charge in [-0.2, -0.15) is 0 Å². The van der Waals surface area contributed by atoms with Crippen molar-refractivity contribution in [2.45, 2.75) is 26.8 Å². The maximum absolute atomic E-state index is 5.46. The molecule has 0 aliphatic carbocycles. The minimum atomic E-state index is 0. The predicted octanol–water partition coefficient (Wildman–Crippen LogP) is 2.40. The smallest absolute Gasteiger partial charge is 0.191 e. The number of nitrogens with zero attached hydrogens (tertiary/aromatic N) is 2. The molecule has 1 saturated heterocycles. The average Bonchev–Trinajstić information content (AvgIpc) is 2.64. The number of morpholine rings is 1. The van der Waals surface area contributed by atoms with E-state index in [-0.39, 0.29) is 24.0 Å². The standard InChI is InChI=1S/C19H32N4O2.HI/c1-4-20-19(21-8-5-9-23-10-12-25-13-11-23)22-15-17-7-6-16(2)14-18(17)24-3;/h6-7,14H,4-5,8-13,15H2,1-3H3,(H2,20,21,22);1H. The van der Waals surface area contributed by atoms with Crippen LogP contribution >= 0.6 is 24.0 Å². The van der Waals surface area contributed by atoms with E-state index >= 15 is 0 Å². The van der Waals surface area contributed by atoms with Gasteiger partial charge in [-0.25, -0.2) is 4.99 Å². The van der Waals surface area contributed by atoms with Crippen molar-refractivity contribution in [3.63, 3.8) is 0 Å². The van der Waals surface area contributed by atoms with E-state index < -0.39 is 0 Å². The van der Waals surface area contributed by atoms with Crippen molar-refractivity contribution in [3.8, 4) is 5.75 Å². The van der Waals surface area contributed by atoms with Gasteiger partial charge < -0.3 is 20.1 Å². The van der Waals surface area contributed by atoms with E-state index in [2.05, 4.69) is 46.5 Å². The molecule has 148 valence electrons. The predicted molar refractivity (Wildman–Crippen MR) is 118 cm³/mol. The van der Waals surface area contributed by atoms with Gasteiger partial charge >= 0.3 is 0 Å². The molecule has 26 heavy (non-hydrogen) atoms. The van der Waals surface area contributed by atoms with Crippen LogP contribution in [0.5, 0.6) is 5.75 Å². The molecule has 1 heterocycles. The first-order valence-electron chi connectivity index (χ1n) is 9.18. The fourth-order valence-corrected chi connectivity index (χ4v) is 2.82. The Hall–Kier alpha value is -1.06. The fourth-order valence-electron chi connectivity index (χ4n) is 2.82. The summed E-state index contributed by atoms with van der Waals surface area (Å²) in [5, 5.41) is 6.72. The van der Waals surface area contributed by atoms with Crippen molar-refractivity contribution >= 4 is 29.9 Å². The molecule has 0 radical (unpaired) electrons. The maximum atomic E-state index is 5.46. The van der Waals surface area contributed by atoms with E-state index in [1.807, 2.05) is 6.07 Å². The van der Waals surface area contributed by atoms with Crippen molar-refractivity contribution in [3.05, 3.63) is 29.3 Å². The Kier molecular flexibility index (Phi) is 11.6. The molecule has 0 aromatic heterocycles. The highest BCUT2D eigenvalue weighted by molar-refractivity contribution is 14.0. The molecule has 6 nitrogen and oxygen atoms in total. The summed E-state index contributed by atoms with van der Waals surface area (Å²) in [7, 11) is 1.71. The Morgan fingerprint density at radius 1 is 1.27 bits per heavy atom. The SMILES string of the molecule is CCNC(=NCc1ccc(C)cc1OC)NCCCN1CCOCC1.I. The van der Waals surface area contributed by atoms with Crippen LogP contribution in [0.2, 0.25) is 0 Å². The number of nitrogens with one attached hydrogen (secondary N) is 2. The number of methoxy groups -OCH3 is 1. The topological polar surface area (TPSA) is 58.1 Å². The first kappa shape index (κ1) is 23.0. The molecule has 1 fully saturated rings. The molecule has 0 amide bonds. The number of ether oxygens (including phenoxy) is 2. The lowest BCUT2D eigenvalue weighted by molar-refractivity contribution is 0.0376. The molecular formula is C19H33IN4O2. The third-order valence-electron chi connectivity index (χ3n) is 4.24. The van der Waals surface area contributed by atoms with Gasteiger partial charge in [0.05, 0.1) is 26.9 Å². The second-order valence-corrected chi connectivity index (χ2v) is 6.24. The average molecular weight is 476 g/mol. The van der Waals surface area contributed by atoms with Crippen molar-refractivity contribution in [1.82, 2.24) is 15.5 Å². The van der Waals surface area contributed by atoms with Gasteiger partial charge in [0.2, 0.25) is 0 Å². The van der Waals surface area contributed by atoms with Crippen LogP contribution in [0, 0.1) is 6.92 Å². The Morgan fingerprint density at radius 2 is 2.04 bits per heavy atom. The third kappa shape index (κ3) is 8.09. The van der Waals surface area contributed by atoms with Crippen LogP contribution < -0.4 is 15.4 Å². The van der Waals surface area contributed by atoms with E-state index in [1.165, 1.54) is 5.56 Å². The molecule has 0 spiro atoms. The number of aryl methyl sites for hydroxylation is 1. The number of halogens is 1. The molecule has 0 saturated carbocycles. The Morgan fingerprint density at radius 3 is 2.73 bits per heavy atom. The van der Waals surface area contributed by atoms with Crippen LogP contribution in [0.25, 0.3) is 0 Å². The van der Waals surface area contributed by atoms with Gasteiger partial charge in [0, 0.05) is 31.7 Å². The van der Waals surface area contributed by atoms with Gasteiger partial charge in [-0.1, -0.05) is 12.1 Å². The summed E-state index contributed by atoms with van der Waals surface area (Å²) < 4.78 is 10.8. The lowest BCUT2D eigenvalue weighted by Gasteiger charge is -2.26. The molecule has 1 aliphatic heterocycles. The Bertz CT molecular complexity index is 548. The van der Waals surface area contributed by atoms with Crippen molar-refractivity contribution < 1.29 is 9.47 Å². The van der Waals surface area contributed by atoms with Crippen LogP contribution in [-0.4, -0.2) is 63.9 Å². The molecular weight excluding hydrogens is 443 g/mol. The molecule has 2 rings (SSSR count). The van der Waals surface area contributed by atoms with Crippen LogP contribution in [0.1, 0.15) is 24.5 Å². The highest BCUT2D eigenvalue weighted by Gasteiger charge is 2.09. The van der Waals surface area contributed by atoms with E-state index in [0.29, 0.717) is 6.54 Å². The molecule has 1 aromatic carbocycles. The van der Waals surface area contributed by atoms with E-state index in [0.717, 1.165) is 69.6 Å². The zero-order chi connectivity index (χ0) is 17.9. The first-order chi connectivity index (χ1) is 12.2. The highest BCUT2D eigenvalue weighted by atomic mass is 127. The molecule has 0 atom stereocenters. The number of rotatable bonds is 8. The summed E-state index contributed by atoms with van der Waals surface area (Å²) in [5.74, 6) is 1.75. The molecule has 7 heteroatoms. The number of aliphatic imine (C=N–C) groups is 1. The molecule has 1 aromatic rings. The monoisotopic (exact) mass is 476 g/mol. The van der Waals surface area contributed by atoms with Crippen molar-refractivity contribution in [2.75, 3.05) is 53.0 Å². The number of hydrogen-bond acceptors (Lipinski definition) is 4. The minimum absolute atomic E-state index is 0. The second kappa shape index (κ2) is 13.2. The zero-order valence-electron chi connectivity index (χ0n) is 16.2. The Labute approximate surface area is 174 Å². The first-order valence-corrected chi connectivity index (χ1v) is 9.18. The fraction of sp³-hybridized carbons (Fsp3) is 0.632. The lowest BCUT2D eigenvalue weighted by Crippen LogP contribution is -2.40. The quantitative estimate of drug-likeness (QED) is 0.261. The third-order valence-corrected chi connectivity index (χ3v) is 4.24. The lowest BCUT2D eigenvalue weighted by atomic mass is 10.1. The number of guanidine groups is 1. The molecule has 0 unspecified atom stereocenters. The van der Waals surface area contributed by atoms with E-state index in [4.69, 9.17) is 9.47 Å². The summed E-state index contributed by atoms with van der Waals surface area (Å²) in [6.45, 7) is 11.4. The van der Waals surface area contributed by atoms with Gasteiger partial charge in [-0.3, -0.25) is 4.90 Å².